The number of anilines is 1. The average molecular weight is 464 g/mol. The Morgan fingerprint density at radius 3 is 2.44 bits per heavy atom. The van der Waals surface area contributed by atoms with Gasteiger partial charge in [0.1, 0.15) is 11.6 Å². The van der Waals surface area contributed by atoms with Gasteiger partial charge in [-0.3, -0.25) is 9.59 Å². The molecule has 176 valence electrons. The Morgan fingerprint density at radius 1 is 0.941 bits per heavy atom. The fourth-order valence-electron chi connectivity index (χ4n) is 3.12. The molecule has 0 heterocycles. The van der Waals surface area contributed by atoms with E-state index in [4.69, 9.17) is 9.47 Å². The molecule has 0 aliphatic rings. The number of carbonyl (C=O) groups excluding carboxylic acids is 3. The third kappa shape index (κ3) is 7.44. The van der Waals surface area contributed by atoms with Crippen molar-refractivity contribution in [1.29, 1.82) is 0 Å². The Hall–Kier alpha value is -4.20. The van der Waals surface area contributed by atoms with Crippen molar-refractivity contribution in [1.82, 2.24) is 5.32 Å². The number of halogens is 1. The summed E-state index contributed by atoms with van der Waals surface area (Å²) in [5.74, 6) is -0.584. The van der Waals surface area contributed by atoms with E-state index in [0.717, 1.165) is 5.56 Å². The molecule has 0 aliphatic heterocycles. The molecule has 0 saturated heterocycles. The number of rotatable bonds is 9. The first-order valence-electron chi connectivity index (χ1n) is 10.8. The van der Waals surface area contributed by atoms with Crippen LogP contribution in [0, 0.1) is 5.82 Å². The van der Waals surface area contributed by atoms with Crippen LogP contribution < -0.4 is 15.4 Å². The first-order chi connectivity index (χ1) is 16.4. The van der Waals surface area contributed by atoms with E-state index in [0.29, 0.717) is 23.2 Å². The summed E-state index contributed by atoms with van der Waals surface area (Å²) in [6.45, 7) is 2.15. The van der Waals surface area contributed by atoms with Crippen LogP contribution in [0.25, 0.3) is 0 Å². The molecule has 7 nitrogen and oxygen atoms in total. The number of benzene rings is 3. The van der Waals surface area contributed by atoms with Gasteiger partial charge in [0.05, 0.1) is 6.61 Å². The summed E-state index contributed by atoms with van der Waals surface area (Å²) in [7, 11) is 0. The van der Waals surface area contributed by atoms with Crippen LogP contribution in [0.5, 0.6) is 5.75 Å². The number of ether oxygens (including phenoxy) is 2. The summed E-state index contributed by atoms with van der Waals surface area (Å²) in [6, 6.07) is 19.5. The summed E-state index contributed by atoms with van der Waals surface area (Å²) in [4.78, 5) is 36.0. The van der Waals surface area contributed by atoms with Gasteiger partial charge in [0.25, 0.3) is 5.91 Å². The number of amides is 2. The summed E-state index contributed by atoms with van der Waals surface area (Å²) >= 11 is 0. The first kappa shape index (κ1) is 24.4. The molecule has 0 aliphatic carbocycles. The molecule has 3 aromatic carbocycles. The van der Waals surface area contributed by atoms with Crippen molar-refractivity contribution in [3.63, 3.8) is 0 Å². The lowest BCUT2D eigenvalue weighted by atomic mass is 10.1. The molecule has 0 atom stereocenters. The van der Waals surface area contributed by atoms with E-state index in [1.54, 1.807) is 43.3 Å². The first-order valence-corrected chi connectivity index (χ1v) is 10.8. The Kier molecular flexibility index (Phi) is 8.73. The zero-order chi connectivity index (χ0) is 24.3. The largest absolute Gasteiger partial charge is 0.513 e. The maximum Gasteiger partial charge on any atom is 0.513 e. The summed E-state index contributed by atoms with van der Waals surface area (Å²) in [5, 5.41) is 5.60. The second kappa shape index (κ2) is 12.2. The fraction of sp³-hybridized carbons (Fsp3) is 0.192. The summed E-state index contributed by atoms with van der Waals surface area (Å²) in [5.41, 5.74) is 2.25. The van der Waals surface area contributed by atoms with Crippen molar-refractivity contribution >= 4 is 23.7 Å². The van der Waals surface area contributed by atoms with Crippen LogP contribution in [-0.4, -0.2) is 24.6 Å². The molecule has 2 amide bonds. The second-order valence-corrected chi connectivity index (χ2v) is 7.33. The van der Waals surface area contributed by atoms with Gasteiger partial charge in [-0.25, -0.2) is 9.18 Å². The predicted octanol–water partition coefficient (Wildman–Crippen LogP) is 4.86. The Labute approximate surface area is 196 Å². The topological polar surface area (TPSA) is 93.7 Å². The van der Waals surface area contributed by atoms with E-state index in [2.05, 4.69) is 10.6 Å². The fourth-order valence-corrected chi connectivity index (χ4v) is 3.12. The number of carbonyl (C=O) groups is 3. The van der Waals surface area contributed by atoms with Crippen molar-refractivity contribution < 1.29 is 28.2 Å². The highest BCUT2D eigenvalue weighted by Gasteiger charge is 2.10. The highest BCUT2D eigenvalue weighted by atomic mass is 19.1. The lowest BCUT2D eigenvalue weighted by Gasteiger charge is -2.10. The number of hydrogen-bond donors (Lipinski definition) is 2. The van der Waals surface area contributed by atoms with E-state index in [1.807, 2.05) is 6.07 Å². The van der Waals surface area contributed by atoms with Crippen LogP contribution in [0.4, 0.5) is 14.9 Å². The van der Waals surface area contributed by atoms with E-state index < -0.39 is 6.16 Å². The van der Waals surface area contributed by atoms with Crippen LogP contribution in [-0.2, 0) is 22.5 Å². The van der Waals surface area contributed by atoms with Gasteiger partial charge >= 0.3 is 6.16 Å². The van der Waals surface area contributed by atoms with Gasteiger partial charge in [0, 0.05) is 24.2 Å². The standard InChI is InChI=1S/C26H25FN2O5/c1-2-33-26(32)34-22-13-10-20(11-14-22)25(31)29-21-8-5-6-18(16-21)17-28-24(30)15-12-19-7-3-4-9-23(19)27/h3-11,13-14,16H,2,12,15,17H2,1H3,(H,28,30)(H,29,31). The Morgan fingerprint density at radius 2 is 1.71 bits per heavy atom. The molecular formula is C26H25FN2O5. The number of hydrogen-bond acceptors (Lipinski definition) is 5. The lowest BCUT2D eigenvalue weighted by Crippen LogP contribution is -2.23. The van der Waals surface area contributed by atoms with Crippen LogP contribution in [0.2, 0.25) is 0 Å². The molecule has 34 heavy (non-hydrogen) atoms. The van der Waals surface area contributed by atoms with Crippen LogP contribution in [0.1, 0.15) is 34.8 Å². The van der Waals surface area contributed by atoms with Gasteiger partial charge < -0.3 is 20.1 Å². The van der Waals surface area contributed by atoms with Gasteiger partial charge in [0.2, 0.25) is 5.91 Å². The minimum atomic E-state index is -0.809. The number of aryl methyl sites for hydroxylation is 1. The Bertz CT molecular complexity index is 1150. The zero-order valence-corrected chi connectivity index (χ0v) is 18.7. The van der Waals surface area contributed by atoms with Crippen molar-refractivity contribution in [2.45, 2.75) is 26.3 Å². The highest BCUT2D eigenvalue weighted by Crippen LogP contribution is 2.16. The zero-order valence-electron chi connectivity index (χ0n) is 18.7. The molecule has 0 spiro atoms. The maximum absolute atomic E-state index is 13.7. The molecule has 0 aromatic heterocycles. The second-order valence-electron chi connectivity index (χ2n) is 7.33. The molecule has 0 radical (unpaired) electrons. The summed E-state index contributed by atoms with van der Waals surface area (Å²) < 4.78 is 23.3. The molecular weight excluding hydrogens is 439 g/mol. The molecule has 0 saturated carbocycles. The van der Waals surface area contributed by atoms with Gasteiger partial charge in [-0.15, -0.1) is 0 Å². The normalized spacial score (nSPS) is 10.3. The average Bonchev–Trinajstić information content (AvgIpc) is 2.83. The van der Waals surface area contributed by atoms with Crippen molar-refractivity contribution in [2.24, 2.45) is 0 Å². The van der Waals surface area contributed by atoms with Crippen LogP contribution in [0.15, 0.2) is 72.8 Å². The molecule has 3 aromatic rings. The van der Waals surface area contributed by atoms with Crippen molar-refractivity contribution in [2.75, 3.05) is 11.9 Å². The predicted molar refractivity (Wildman–Crippen MR) is 125 cm³/mol. The SMILES string of the molecule is CCOC(=O)Oc1ccc(C(=O)Nc2cccc(CNC(=O)CCc3ccccc3F)c2)cc1. The van der Waals surface area contributed by atoms with E-state index in [9.17, 15) is 18.8 Å². The lowest BCUT2D eigenvalue weighted by molar-refractivity contribution is -0.121. The molecule has 0 unspecified atom stereocenters. The van der Waals surface area contributed by atoms with Gasteiger partial charge in [-0.1, -0.05) is 30.3 Å². The maximum atomic E-state index is 13.7. The molecule has 3 rings (SSSR count). The van der Waals surface area contributed by atoms with Crippen molar-refractivity contribution in [3.8, 4) is 5.75 Å². The molecule has 8 heteroatoms. The van der Waals surface area contributed by atoms with E-state index in [-0.39, 0.29) is 43.0 Å². The van der Waals surface area contributed by atoms with Crippen molar-refractivity contribution in [3.05, 3.63) is 95.3 Å². The quantitative estimate of drug-likeness (QED) is 0.348. The van der Waals surface area contributed by atoms with Crippen LogP contribution >= 0.6 is 0 Å². The number of nitrogens with one attached hydrogen (secondary N) is 2. The smallest absolute Gasteiger partial charge is 0.434 e. The minimum Gasteiger partial charge on any atom is -0.434 e. The monoisotopic (exact) mass is 464 g/mol. The third-order valence-electron chi connectivity index (χ3n) is 4.83. The minimum absolute atomic E-state index is 0.174. The highest BCUT2D eigenvalue weighted by molar-refractivity contribution is 6.04. The van der Waals surface area contributed by atoms with Gasteiger partial charge in [-0.05, 0) is 66.9 Å². The third-order valence-corrected chi connectivity index (χ3v) is 4.83. The summed E-state index contributed by atoms with van der Waals surface area (Å²) in [6.07, 6.45) is -0.318. The Balaban J connectivity index is 1.50. The van der Waals surface area contributed by atoms with Gasteiger partial charge in [0.15, 0.2) is 0 Å². The van der Waals surface area contributed by atoms with Crippen LogP contribution in [0.3, 0.4) is 0 Å². The molecule has 0 bridgehead atoms. The molecule has 2 N–H and O–H groups in total. The van der Waals surface area contributed by atoms with Gasteiger partial charge in [-0.2, -0.15) is 0 Å². The van der Waals surface area contributed by atoms with E-state index in [1.165, 1.54) is 30.3 Å². The van der Waals surface area contributed by atoms with E-state index >= 15 is 0 Å². The molecule has 0 fully saturated rings.